The summed E-state index contributed by atoms with van der Waals surface area (Å²) in [4.78, 5) is 20.5. The number of hydrogen-bond acceptors (Lipinski definition) is 5. The number of carbonyl (C=O) groups excluding carboxylic acids is 1. The Bertz CT molecular complexity index is 467. The fourth-order valence-corrected chi connectivity index (χ4v) is 2.43. The molecule has 0 aliphatic heterocycles. The zero-order valence-electron chi connectivity index (χ0n) is 12.1. The zero-order valence-corrected chi connectivity index (χ0v) is 13.6. The molecule has 0 spiro atoms. The first-order chi connectivity index (χ1) is 9.40. The average Bonchev–Trinajstić information content (AvgIpc) is 2.40. The molecule has 0 saturated carbocycles. The van der Waals surface area contributed by atoms with Crippen LogP contribution in [0.3, 0.4) is 0 Å². The van der Waals surface area contributed by atoms with Gasteiger partial charge in [-0.3, -0.25) is 4.79 Å². The molecule has 1 aromatic heterocycles. The van der Waals surface area contributed by atoms with Crippen LogP contribution in [0.25, 0.3) is 0 Å². The van der Waals surface area contributed by atoms with Crippen molar-refractivity contribution in [3.8, 4) is 0 Å². The molecule has 0 radical (unpaired) electrons. The van der Waals surface area contributed by atoms with E-state index < -0.39 is 0 Å². The Balaban J connectivity index is 2.89. The SMILES string of the molecule is CSC(CO)C(C)NC(=O)c1nc(C(C)C)ncc1Cl. The van der Waals surface area contributed by atoms with E-state index in [1.807, 2.05) is 27.0 Å². The van der Waals surface area contributed by atoms with Gasteiger partial charge in [-0.05, 0) is 13.2 Å². The number of aliphatic hydroxyl groups is 1. The van der Waals surface area contributed by atoms with Crippen LogP contribution in [0.5, 0.6) is 0 Å². The third-order valence-electron chi connectivity index (χ3n) is 2.89. The Morgan fingerprint density at radius 1 is 1.50 bits per heavy atom. The Kier molecular flexibility index (Phi) is 6.71. The Morgan fingerprint density at radius 2 is 2.15 bits per heavy atom. The Morgan fingerprint density at radius 3 is 2.65 bits per heavy atom. The van der Waals surface area contributed by atoms with Crippen LogP contribution in [-0.2, 0) is 0 Å². The van der Waals surface area contributed by atoms with Gasteiger partial charge in [0.15, 0.2) is 0 Å². The summed E-state index contributed by atoms with van der Waals surface area (Å²) in [5.74, 6) is 0.350. The predicted octanol–water partition coefficient (Wildman–Crippen LogP) is 2.10. The quantitative estimate of drug-likeness (QED) is 0.840. The molecule has 0 aliphatic rings. The van der Waals surface area contributed by atoms with Gasteiger partial charge in [-0.25, -0.2) is 9.97 Å². The first kappa shape index (κ1) is 17.2. The minimum Gasteiger partial charge on any atom is -0.395 e. The van der Waals surface area contributed by atoms with Gasteiger partial charge in [-0.2, -0.15) is 11.8 Å². The lowest BCUT2D eigenvalue weighted by atomic mass is 10.2. The van der Waals surface area contributed by atoms with E-state index in [2.05, 4.69) is 15.3 Å². The van der Waals surface area contributed by atoms with Gasteiger partial charge in [0, 0.05) is 17.2 Å². The van der Waals surface area contributed by atoms with Crippen molar-refractivity contribution >= 4 is 29.3 Å². The van der Waals surface area contributed by atoms with E-state index in [1.54, 1.807) is 0 Å². The van der Waals surface area contributed by atoms with Gasteiger partial charge in [-0.1, -0.05) is 25.4 Å². The normalized spacial score (nSPS) is 14.2. The van der Waals surface area contributed by atoms with E-state index in [9.17, 15) is 9.90 Å². The first-order valence-electron chi connectivity index (χ1n) is 6.37. The summed E-state index contributed by atoms with van der Waals surface area (Å²) in [6, 6.07) is -0.184. The molecule has 0 aromatic carbocycles. The summed E-state index contributed by atoms with van der Waals surface area (Å²) >= 11 is 7.48. The average molecular weight is 318 g/mol. The lowest BCUT2D eigenvalue weighted by Gasteiger charge is -2.21. The van der Waals surface area contributed by atoms with Crippen molar-refractivity contribution in [3.63, 3.8) is 0 Å². The molecule has 112 valence electrons. The van der Waals surface area contributed by atoms with Crippen molar-refractivity contribution in [2.45, 2.75) is 38.0 Å². The molecule has 1 amide bonds. The highest BCUT2D eigenvalue weighted by molar-refractivity contribution is 7.99. The number of aromatic nitrogens is 2. The van der Waals surface area contributed by atoms with E-state index >= 15 is 0 Å². The topological polar surface area (TPSA) is 75.1 Å². The molecular weight excluding hydrogens is 298 g/mol. The van der Waals surface area contributed by atoms with Gasteiger partial charge in [0.2, 0.25) is 0 Å². The van der Waals surface area contributed by atoms with Crippen LogP contribution in [0.15, 0.2) is 6.20 Å². The molecule has 5 nitrogen and oxygen atoms in total. The fourth-order valence-electron chi connectivity index (χ4n) is 1.62. The van der Waals surface area contributed by atoms with Crippen LogP contribution in [0.4, 0.5) is 0 Å². The van der Waals surface area contributed by atoms with Gasteiger partial charge in [-0.15, -0.1) is 0 Å². The molecule has 1 rings (SSSR count). The van der Waals surface area contributed by atoms with Crippen LogP contribution >= 0.6 is 23.4 Å². The molecule has 0 bridgehead atoms. The summed E-state index contributed by atoms with van der Waals surface area (Å²) in [7, 11) is 0. The second-order valence-corrected chi connectivity index (χ2v) is 6.28. The summed E-state index contributed by atoms with van der Waals surface area (Å²) in [6.07, 6.45) is 3.33. The van der Waals surface area contributed by atoms with Crippen molar-refractivity contribution in [1.82, 2.24) is 15.3 Å². The molecule has 20 heavy (non-hydrogen) atoms. The van der Waals surface area contributed by atoms with Crippen LogP contribution in [0.2, 0.25) is 5.02 Å². The summed E-state index contributed by atoms with van der Waals surface area (Å²) in [6.45, 7) is 5.73. The zero-order chi connectivity index (χ0) is 15.3. The Hall–Kier alpha value is -0.850. The first-order valence-corrected chi connectivity index (χ1v) is 8.04. The molecule has 1 aromatic rings. The van der Waals surface area contributed by atoms with Crippen LogP contribution < -0.4 is 5.32 Å². The monoisotopic (exact) mass is 317 g/mol. The summed E-state index contributed by atoms with van der Waals surface area (Å²) in [5.41, 5.74) is 0.176. The number of nitrogens with one attached hydrogen (secondary N) is 1. The van der Waals surface area contributed by atoms with E-state index in [-0.39, 0.29) is 40.4 Å². The molecule has 0 aliphatic carbocycles. The van der Waals surface area contributed by atoms with E-state index in [4.69, 9.17) is 11.6 Å². The van der Waals surface area contributed by atoms with E-state index in [1.165, 1.54) is 18.0 Å². The number of hydrogen-bond donors (Lipinski definition) is 2. The number of halogens is 1. The second kappa shape index (κ2) is 7.81. The highest BCUT2D eigenvalue weighted by Crippen LogP contribution is 2.17. The maximum atomic E-state index is 12.2. The smallest absolute Gasteiger partial charge is 0.271 e. The van der Waals surface area contributed by atoms with Crippen molar-refractivity contribution in [1.29, 1.82) is 0 Å². The van der Waals surface area contributed by atoms with Crippen molar-refractivity contribution in [2.24, 2.45) is 0 Å². The summed E-state index contributed by atoms with van der Waals surface area (Å²) in [5, 5.41) is 12.2. The van der Waals surface area contributed by atoms with Crippen molar-refractivity contribution < 1.29 is 9.90 Å². The number of carbonyl (C=O) groups is 1. The fraction of sp³-hybridized carbons (Fsp3) is 0.615. The van der Waals surface area contributed by atoms with E-state index in [0.29, 0.717) is 5.82 Å². The van der Waals surface area contributed by atoms with Crippen LogP contribution in [-0.4, -0.2) is 45.1 Å². The van der Waals surface area contributed by atoms with Crippen LogP contribution in [0.1, 0.15) is 43.0 Å². The minimum atomic E-state index is -0.348. The molecule has 0 saturated heterocycles. The van der Waals surface area contributed by atoms with E-state index in [0.717, 1.165) is 0 Å². The predicted molar refractivity (Wildman–Crippen MR) is 82.4 cm³/mol. The maximum Gasteiger partial charge on any atom is 0.271 e. The third-order valence-corrected chi connectivity index (χ3v) is 4.33. The lowest BCUT2D eigenvalue weighted by Crippen LogP contribution is -2.41. The lowest BCUT2D eigenvalue weighted by molar-refractivity contribution is 0.0930. The molecular formula is C13H20ClN3O2S. The molecule has 2 N–H and O–H groups in total. The van der Waals surface area contributed by atoms with Gasteiger partial charge in [0.1, 0.15) is 11.5 Å². The van der Waals surface area contributed by atoms with Gasteiger partial charge < -0.3 is 10.4 Å². The largest absolute Gasteiger partial charge is 0.395 e. The van der Waals surface area contributed by atoms with Gasteiger partial charge in [0.05, 0.1) is 17.8 Å². The number of rotatable bonds is 6. The number of aliphatic hydroxyl groups excluding tert-OH is 1. The minimum absolute atomic E-state index is 0.00262. The molecule has 0 fully saturated rings. The summed E-state index contributed by atoms with van der Waals surface area (Å²) < 4.78 is 0. The number of thioether (sulfide) groups is 1. The standard InChI is InChI=1S/C13H20ClN3O2S/c1-7(2)12-15-5-9(14)11(17-12)13(19)16-8(3)10(6-18)20-4/h5,7-8,10,18H,6H2,1-4H3,(H,16,19). The van der Waals surface area contributed by atoms with Crippen LogP contribution in [0, 0.1) is 0 Å². The number of nitrogens with zero attached hydrogens (tertiary/aromatic N) is 2. The molecule has 2 atom stereocenters. The highest BCUT2D eigenvalue weighted by atomic mass is 35.5. The van der Waals surface area contributed by atoms with Gasteiger partial charge >= 0.3 is 0 Å². The molecule has 7 heteroatoms. The van der Waals surface area contributed by atoms with Crippen molar-refractivity contribution in [3.05, 3.63) is 22.7 Å². The highest BCUT2D eigenvalue weighted by Gasteiger charge is 2.21. The molecule has 2 unspecified atom stereocenters. The Labute approximate surface area is 128 Å². The maximum absolute atomic E-state index is 12.2. The van der Waals surface area contributed by atoms with Gasteiger partial charge in [0.25, 0.3) is 5.91 Å². The number of amides is 1. The van der Waals surface area contributed by atoms with Crippen molar-refractivity contribution in [2.75, 3.05) is 12.9 Å². The second-order valence-electron chi connectivity index (χ2n) is 4.80. The molecule has 1 heterocycles. The third kappa shape index (κ3) is 4.33.